The SMILES string of the molecule is CNc1c(Br)cc(C(=O)Nc2ccc(OC(F)(F)Cl)cc2)cc1[N+](=O)[O-]. The van der Waals surface area contributed by atoms with E-state index in [1.165, 1.54) is 37.4 Å². The number of nitrogens with one attached hydrogen (secondary N) is 2. The second kappa shape index (κ2) is 7.83. The lowest BCUT2D eigenvalue weighted by molar-refractivity contribution is -0.384. The second-order valence-corrected chi connectivity index (χ2v) is 6.18. The van der Waals surface area contributed by atoms with Gasteiger partial charge in [0.15, 0.2) is 0 Å². The Balaban J connectivity index is 2.21. The van der Waals surface area contributed by atoms with Crippen LogP contribution in [0.1, 0.15) is 10.4 Å². The maximum Gasteiger partial charge on any atom is 0.487 e. The Morgan fingerprint density at radius 3 is 2.42 bits per heavy atom. The molecule has 0 aliphatic rings. The Kier molecular flexibility index (Phi) is 5.98. The van der Waals surface area contributed by atoms with E-state index in [2.05, 4.69) is 42.9 Å². The van der Waals surface area contributed by atoms with Crippen molar-refractivity contribution in [3.05, 3.63) is 56.5 Å². The molecular formula is C15H11BrClF2N3O4. The van der Waals surface area contributed by atoms with Crippen molar-refractivity contribution in [3.63, 3.8) is 0 Å². The van der Waals surface area contributed by atoms with Crippen molar-refractivity contribution in [1.29, 1.82) is 0 Å². The van der Waals surface area contributed by atoms with E-state index in [1.54, 1.807) is 0 Å². The van der Waals surface area contributed by atoms with Crippen LogP contribution in [0, 0.1) is 10.1 Å². The van der Waals surface area contributed by atoms with E-state index in [1.807, 2.05) is 0 Å². The molecule has 26 heavy (non-hydrogen) atoms. The minimum Gasteiger partial charge on any atom is -0.420 e. The molecule has 2 rings (SSSR count). The fourth-order valence-corrected chi connectivity index (χ4v) is 2.80. The Labute approximate surface area is 159 Å². The molecule has 0 spiro atoms. The average Bonchev–Trinajstić information content (AvgIpc) is 2.54. The van der Waals surface area contributed by atoms with Gasteiger partial charge >= 0.3 is 5.57 Å². The zero-order chi connectivity index (χ0) is 19.5. The van der Waals surface area contributed by atoms with Crippen LogP contribution in [0.3, 0.4) is 0 Å². The molecule has 2 aromatic carbocycles. The molecule has 0 heterocycles. The van der Waals surface area contributed by atoms with Gasteiger partial charge in [-0.05, 0) is 46.3 Å². The Morgan fingerprint density at radius 2 is 1.92 bits per heavy atom. The molecule has 138 valence electrons. The van der Waals surface area contributed by atoms with Gasteiger partial charge < -0.3 is 15.4 Å². The molecular weight excluding hydrogens is 440 g/mol. The first-order valence-electron chi connectivity index (χ1n) is 6.93. The van der Waals surface area contributed by atoms with Gasteiger partial charge in [-0.1, -0.05) is 0 Å². The molecule has 0 saturated carbocycles. The van der Waals surface area contributed by atoms with Gasteiger partial charge in [0.05, 0.1) is 4.92 Å². The summed E-state index contributed by atoms with van der Waals surface area (Å²) in [7, 11) is 1.51. The molecule has 0 aliphatic heterocycles. The predicted octanol–water partition coefficient (Wildman–Crippen LogP) is 4.82. The smallest absolute Gasteiger partial charge is 0.420 e. The van der Waals surface area contributed by atoms with E-state index < -0.39 is 16.4 Å². The molecule has 2 aromatic rings. The van der Waals surface area contributed by atoms with Crippen LogP contribution in [0.4, 0.5) is 25.8 Å². The largest absolute Gasteiger partial charge is 0.487 e. The highest BCUT2D eigenvalue weighted by Gasteiger charge is 2.27. The van der Waals surface area contributed by atoms with Crippen LogP contribution in [0.25, 0.3) is 0 Å². The zero-order valence-electron chi connectivity index (χ0n) is 13.1. The Bertz CT molecular complexity index is 844. The molecule has 1 amide bonds. The molecule has 7 nitrogen and oxygen atoms in total. The molecule has 0 atom stereocenters. The molecule has 11 heteroatoms. The number of nitro groups is 1. The number of alkyl halides is 3. The van der Waals surface area contributed by atoms with Crippen molar-refractivity contribution in [2.45, 2.75) is 5.57 Å². The summed E-state index contributed by atoms with van der Waals surface area (Å²) in [6.45, 7) is 0. The van der Waals surface area contributed by atoms with E-state index in [4.69, 9.17) is 0 Å². The molecule has 0 aromatic heterocycles. The van der Waals surface area contributed by atoms with Gasteiger partial charge in [-0.25, -0.2) is 0 Å². The third-order valence-corrected chi connectivity index (χ3v) is 3.83. The normalized spacial score (nSPS) is 11.0. The molecule has 0 fully saturated rings. The quantitative estimate of drug-likeness (QED) is 0.374. The number of carbonyl (C=O) groups is 1. The van der Waals surface area contributed by atoms with Crippen LogP contribution in [-0.4, -0.2) is 23.4 Å². The monoisotopic (exact) mass is 449 g/mol. The van der Waals surface area contributed by atoms with Crippen LogP contribution >= 0.6 is 27.5 Å². The maximum atomic E-state index is 12.6. The molecule has 0 unspecified atom stereocenters. The summed E-state index contributed by atoms with van der Waals surface area (Å²) in [6, 6.07) is 7.56. The molecule has 2 N–H and O–H groups in total. The first kappa shape index (κ1) is 19.9. The number of anilines is 2. The first-order chi connectivity index (χ1) is 12.1. The van der Waals surface area contributed by atoms with Crippen molar-refractivity contribution in [1.82, 2.24) is 0 Å². The van der Waals surface area contributed by atoms with Gasteiger partial charge in [0, 0.05) is 40.4 Å². The number of amides is 1. The molecule has 0 saturated heterocycles. The highest BCUT2D eigenvalue weighted by molar-refractivity contribution is 9.10. The third-order valence-electron chi connectivity index (χ3n) is 3.12. The Hall–Kier alpha value is -2.46. The first-order valence-corrected chi connectivity index (χ1v) is 8.10. The highest BCUT2D eigenvalue weighted by Crippen LogP contribution is 2.34. The van der Waals surface area contributed by atoms with Crippen molar-refractivity contribution in [3.8, 4) is 5.75 Å². The number of carbonyl (C=O) groups excluding carboxylic acids is 1. The highest BCUT2D eigenvalue weighted by atomic mass is 79.9. The van der Waals surface area contributed by atoms with Crippen molar-refractivity contribution < 1.29 is 23.2 Å². The summed E-state index contributed by atoms with van der Waals surface area (Å²) in [6.07, 6.45) is 0. The standard InChI is InChI=1S/C15H11BrClF2N3O4/c1-20-13-11(16)6-8(7-12(13)22(24)25)14(23)21-9-2-4-10(5-3-9)26-15(17,18)19/h2-7,20H,1H3,(H,21,23). The number of ether oxygens (including phenoxy) is 1. The number of nitro benzene ring substituents is 1. The van der Waals surface area contributed by atoms with Crippen LogP contribution in [-0.2, 0) is 0 Å². The van der Waals surface area contributed by atoms with E-state index in [9.17, 15) is 23.7 Å². The summed E-state index contributed by atoms with van der Waals surface area (Å²) in [5.74, 6) is -0.812. The number of halogens is 4. The van der Waals surface area contributed by atoms with E-state index >= 15 is 0 Å². The van der Waals surface area contributed by atoms with Gasteiger partial charge in [0.2, 0.25) is 0 Å². The van der Waals surface area contributed by atoms with Crippen molar-refractivity contribution in [2.24, 2.45) is 0 Å². The van der Waals surface area contributed by atoms with Gasteiger partial charge in [-0.2, -0.15) is 0 Å². The fourth-order valence-electron chi connectivity index (χ4n) is 2.06. The lowest BCUT2D eigenvalue weighted by Gasteiger charge is -2.12. The van der Waals surface area contributed by atoms with E-state index in [0.29, 0.717) is 4.47 Å². The molecule has 0 aliphatic carbocycles. The minimum absolute atomic E-state index is 0.0372. The third kappa shape index (κ3) is 5.02. The van der Waals surface area contributed by atoms with Gasteiger partial charge in [0.1, 0.15) is 11.4 Å². The van der Waals surface area contributed by atoms with Crippen LogP contribution in [0.15, 0.2) is 40.9 Å². The van der Waals surface area contributed by atoms with Gasteiger partial charge in [-0.15, -0.1) is 8.78 Å². The Morgan fingerprint density at radius 1 is 1.31 bits per heavy atom. The van der Waals surface area contributed by atoms with Crippen molar-refractivity contribution >= 4 is 50.5 Å². The van der Waals surface area contributed by atoms with Gasteiger partial charge in [0.25, 0.3) is 11.6 Å². The fraction of sp³-hybridized carbons (Fsp3) is 0.133. The summed E-state index contributed by atoms with van der Waals surface area (Å²) in [5, 5.41) is 16.3. The van der Waals surface area contributed by atoms with Crippen LogP contribution in [0.5, 0.6) is 5.75 Å². The lowest BCUT2D eigenvalue weighted by Crippen LogP contribution is -2.16. The van der Waals surface area contributed by atoms with Crippen molar-refractivity contribution in [2.75, 3.05) is 17.7 Å². The predicted molar refractivity (Wildman–Crippen MR) is 96.2 cm³/mol. The number of benzene rings is 2. The maximum absolute atomic E-state index is 12.6. The second-order valence-electron chi connectivity index (χ2n) is 4.89. The summed E-state index contributed by atoms with van der Waals surface area (Å²) >= 11 is 7.83. The summed E-state index contributed by atoms with van der Waals surface area (Å²) < 4.78 is 29.6. The summed E-state index contributed by atoms with van der Waals surface area (Å²) in [5.41, 5.74) is -3.58. The zero-order valence-corrected chi connectivity index (χ0v) is 15.4. The number of nitrogens with zero attached hydrogens (tertiary/aromatic N) is 1. The van der Waals surface area contributed by atoms with E-state index in [-0.39, 0.29) is 28.4 Å². The lowest BCUT2D eigenvalue weighted by atomic mass is 10.1. The molecule has 0 bridgehead atoms. The topological polar surface area (TPSA) is 93.5 Å². The van der Waals surface area contributed by atoms with Crippen LogP contribution in [0.2, 0.25) is 0 Å². The van der Waals surface area contributed by atoms with E-state index in [0.717, 1.165) is 6.07 Å². The van der Waals surface area contributed by atoms with Crippen LogP contribution < -0.4 is 15.4 Å². The minimum atomic E-state index is -3.84. The number of hydrogen-bond donors (Lipinski definition) is 2. The number of hydrogen-bond acceptors (Lipinski definition) is 5. The van der Waals surface area contributed by atoms with Gasteiger partial charge in [-0.3, -0.25) is 14.9 Å². The average molecular weight is 451 g/mol. The number of rotatable bonds is 6. The molecule has 0 radical (unpaired) electrons. The summed E-state index contributed by atoms with van der Waals surface area (Å²) in [4.78, 5) is 22.8.